The maximum Gasteiger partial charge on any atom is 0.237 e. The fraction of sp³-hybridized carbons (Fsp3) is 0.400. The van der Waals surface area contributed by atoms with Crippen LogP contribution in [0.25, 0.3) is 11.4 Å². The van der Waals surface area contributed by atoms with Gasteiger partial charge in [-0.2, -0.15) is 0 Å². The van der Waals surface area contributed by atoms with Crippen molar-refractivity contribution in [3.05, 3.63) is 48.5 Å². The maximum absolute atomic E-state index is 12.8. The molecule has 174 valence electrons. The fourth-order valence-electron chi connectivity index (χ4n) is 3.98. The van der Waals surface area contributed by atoms with Crippen molar-refractivity contribution in [3.63, 3.8) is 0 Å². The molecule has 0 radical (unpaired) electrons. The van der Waals surface area contributed by atoms with Crippen molar-refractivity contribution >= 4 is 29.0 Å². The van der Waals surface area contributed by atoms with Crippen molar-refractivity contribution in [2.45, 2.75) is 50.1 Å². The molecule has 1 aliphatic rings. The lowest BCUT2D eigenvalue weighted by Gasteiger charge is -2.28. The molecule has 1 fully saturated rings. The monoisotopic (exact) mass is 465 g/mol. The highest BCUT2D eigenvalue weighted by Gasteiger charge is 2.21. The highest BCUT2D eigenvalue weighted by molar-refractivity contribution is 8.00. The molecule has 0 aliphatic carbocycles. The first-order valence-electron chi connectivity index (χ1n) is 11.5. The van der Waals surface area contributed by atoms with E-state index in [-0.39, 0.29) is 11.2 Å². The second-order valence-corrected chi connectivity index (χ2v) is 9.43. The number of nitrogens with zero attached hydrogens (tertiary/aromatic N) is 4. The lowest BCUT2D eigenvalue weighted by atomic mass is 10.1. The molecule has 0 spiro atoms. The summed E-state index contributed by atoms with van der Waals surface area (Å²) in [6.07, 6.45) is 3.80. The van der Waals surface area contributed by atoms with E-state index in [4.69, 9.17) is 4.74 Å². The van der Waals surface area contributed by atoms with Crippen LogP contribution in [0.3, 0.4) is 0 Å². The van der Waals surface area contributed by atoms with Gasteiger partial charge in [0.15, 0.2) is 11.0 Å². The molecule has 2 heterocycles. The van der Waals surface area contributed by atoms with Gasteiger partial charge >= 0.3 is 0 Å². The van der Waals surface area contributed by atoms with E-state index in [1.807, 2.05) is 47.9 Å². The molecule has 4 rings (SSSR count). The Bertz CT molecular complexity index is 1060. The van der Waals surface area contributed by atoms with Gasteiger partial charge in [-0.3, -0.25) is 4.79 Å². The van der Waals surface area contributed by atoms with Crippen molar-refractivity contribution < 1.29 is 9.53 Å². The second kappa shape index (κ2) is 10.7. The summed E-state index contributed by atoms with van der Waals surface area (Å²) in [5, 5.41) is 12.2. The van der Waals surface area contributed by atoms with Crippen LogP contribution in [0.15, 0.2) is 53.7 Å². The van der Waals surface area contributed by atoms with E-state index in [0.29, 0.717) is 6.54 Å². The van der Waals surface area contributed by atoms with E-state index in [1.54, 1.807) is 7.11 Å². The molecule has 0 saturated carbocycles. The van der Waals surface area contributed by atoms with E-state index in [0.717, 1.165) is 41.1 Å². The van der Waals surface area contributed by atoms with Crippen molar-refractivity contribution in [2.24, 2.45) is 0 Å². The van der Waals surface area contributed by atoms with Crippen LogP contribution >= 0.6 is 11.8 Å². The number of amides is 1. The third-order valence-corrected chi connectivity index (χ3v) is 6.97. The van der Waals surface area contributed by atoms with Gasteiger partial charge in [0.05, 0.1) is 12.4 Å². The van der Waals surface area contributed by atoms with Crippen molar-refractivity contribution in [1.29, 1.82) is 0 Å². The fourth-order valence-corrected chi connectivity index (χ4v) is 4.89. The molecule has 1 aromatic heterocycles. The van der Waals surface area contributed by atoms with Crippen LogP contribution < -0.4 is 15.0 Å². The number of rotatable bonds is 8. The number of nitrogens with one attached hydrogen (secondary N) is 1. The number of carbonyl (C=O) groups is 1. The van der Waals surface area contributed by atoms with Gasteiger partial charge in [0.1, 0.15) is 5.75 Å². The Morgan fingerprint density at radius 2 is 1.76 bits per heavy atom. The van der Waals surface area contributed by atoms with Gasteiger partial charge in [-0.05, 0) is 81.6 Å². The number of thioether (sulfide) groups is 1. The van der Waals surface area contributed by atoms with Crippen LogP contribution in [-0.4, -0.2) is 46.1 Å². The summed E-state index contributed by atoms with van der Waals surface area (Å²) in [5.41, 5.74) is 2.99. The highest BCUT2D eigenvalue weighted by atomic mass is 32.2. The average Bonchev–Trinajstić information content (AvgIpc) is 3.27. The zero-order valence-corrected chi connectivity index (χ0v) is 20.3. The Hall–Kier alpha value is -3.00. The zero-order valence-electron chi connectivity index (χ0n) is 19.5. The number of ether oxygens (including phenoxy) is 1. The Morgan fingerprint density at radius 1 is 1.06 bits per heavy atom. The predicted molar refractivity (Wildman–Crippen MR) is 134 cm³/mol. The van der Waals surface area contributed by atoms with E-state index >= 15 is 0 Å². The van der Waals surface area contributed by atoms with Gasteiger partial charge in [-0.15, -0.1) is 10.2 Å². The normalized spacial score (nSPS) is 14.7. The number of benzene rings is 2. The number of carbonyl (C=O) groups excluding carboxylic acids is 1. The summed E-state index contributed by atoms with van der Waals surface area (Å²) in [5.74, 6) is 1.52. The molecule has 33 heavy (non-hydrogen) atoms. The molecule has 7 nitrogen and oxygen atoms in total. The zero-order chi connectivity index (χ0) is 23.2. The van der Waals surface area contributed by atoms with Crippen molar-refractivity contribution in [3.8, 4) is 17.1 Å². The van der Waals surface area contributed by atoms with E-state index < -0.39 is 0 Å². The Balaban J connectivity index is 1.39. The minimum Gasteiger partial charge on any atom is -0.497 e. The van der Waals surface area contributed by atoms with Crippen LogP contribution in [0.1, 0.15) is 33.1 Å². The largest absolute Gasteiger partial charge is 0.497 e. The summed E-state index contributed by atoms with van der Waals surface area (Å²) in [7, 11) is 1.65. The van der Waals surface area contributed by atoms with E-state index in [1.165, 1.54) is 36.7 Å². The minimum absolute atomic E-state index is 0.0534. The summed E-state index contributed by atoms with van der Waals surface area (Å²) < 4.78 is 7.27. The van der Waals surface area contributed by atoms with Crippen LogP contribution in [-0.2, 0) is 11.3 Å². The van der Waals surface area contributed by atoms with Gasteiger partial charge in [-0.25, -0.2) is 0 Å². The quantitative estimate of drug-likeness (QED) is 0.468. The molecule has 2 aromatic carbocycles. The summed E-state index contributed by atoms with van der Waals surface area (Å²) in [4.78, 5) is 15.2. The van der Waals surface area contributed by atoms with E-state index in [2.05, 4.69) is 39.5 Å². The standard InChI is InChI=1S/C25H31N5O2S/c1-4-30-23(19-8-14-22(32-3)15-9-19)27-28-25(30)33-18(2)24(31)26-20-10-12-21(13-11-20)29-16-6-5-7-17-29/h8-15,18H,4-7,16-17H2,1-3H3,(H,26,31)/t18-/m0/s1. The van der Waals surface area contributed by atoms with Crippen LogP contribution in [0.4, 0.5) is 11.4 Å². The Morgan fingerprint density at radius 3 is 2.39 bits per heavy atom. The lowest BCUT2D eigenvalue weighted by molar-refractivity contribution is -0.115. The third-order valence-electron chi connectivity index (χ3n) is 5.89. The first kappa shape index (κ1) is 23.2. The summed E-state index contributed by atoms with van der Waals surface area (Å²) in [6.45, 7) is 6.87. The molecule has 1 atom stereocenters. The van der Waals surface area contributed by atoms with Crippen LogP contribution in [0.5, 0.6) is 5.75 Å². The molecular weight excluding hydrogens is 434 g/mol. The van der Waals surface area contributed by atoms with Gasteiger partial charge in [-0.1, -0.05) is 11.8 Å². The number of anilines is 2. The first-order valence-corrected chi connectivity index (χ1v) is 12.4. The highest BCUT2D eigenvalue weighted by Crippen LogP contribution is 2.29. The number of piperidine rings is 1. The number of aromatic nitrogens is 3. The third kappa shape index (κ3) is 5.50. The molecule has 3 aromatic rings. The molecule has 1 aliphatic heterocycles. The Labute approximate surface area is 199 Å². The molecule has 1 amide bonds. The number of methoxy groups -OCH3 is 1. The summed E-state index contributed by atoms with van der Waals surface area (Å²) in [6, 6.07) is 15.9. The molecule has 0 bridgehead atoms. The van der Waals surface area contributed by atoms with Crippen molar-refractivity contribution in [1.82, 2.24) is 14.8 Å². The number of hydrogen-bond donors (Lipinski definition) is 1. The smallest absolute Gasteiger partial charge is 0.237 e. The van der Waals surface area contributed by atoms with Gasteiger partial charge in [0.25, 0.3) is 0 Å². The average molecular weight is 466 g/mol. The first-order chi connectivity index (χ1) is 16.1. The van der Waals surface area contributed by atoms with Crippen LogP contribution in [0, 0.1) is 0 Å². The molecule has 1 N–H and O–H groups in total. The van der Waals surface area contributed by atoms with Gasteiger partial charge in [0.2, 0.25) is 5.91 Å². The summed E-state index contributed by atoms with van der Waals surface area (Å²) >= 11 is 1.42. The number of hydrogen-bond acceptors (Lipinski definition) is 6. The lowest BCUT2D eigenvalue weighted by Crippen LogP contribution is -2.29. The van der Waals surface area contributed by atoms with Gasteiger partial charge in [0, 0.05) is 36.6 Å². The van der Waals surface area contributed by atoms with Crippen molar-refractivity contribution in [2.75, 3.05) is 30.4 Å². The molecule has 1 saturated heterocycles. The molecule has 0 unspecified atom stereocenters. The predicted octanol–water partition coefficient (Wildman–Crippen LogP) is 5.08. The second-order valence-electron chi connectivity index (χ2n) is 8.12. The topological polar surface area (TPSA) is 72.3 Å². The SMILES string of the molecule is CCn1c(S[C@@H](C)C(=O)Nc2ccc(N3CCCCC3)cc2)nnc1-c1ccc(OC)cc1. The van der Waals surface area contributed by atoms with Crippen LogP contribution in [0.2, 0.25) is 0 Å². The molecular formula is C25H31N5O2S. The minimum atomic E-state index is -0.315. The van der Waals surface area contributed by atoms with Gasteiger partial charge < -0.3 is 19.5 Å². The maximum atomic E-state index is 12.8. The van der Waals surface area contributed by atoms with E-state index in [9.17, 15) is 4.79 Å². The molecule has 8 heteroatoms. The Kier molecular flexibility index (Phi) is 7.54.